The van der Waals surface area contributed by atoms with Crippen molar-refractivity contribution in [3.05, 3.63) is 89.9 Å². The average Bonchev–Trinajstić information content (AvgIpc) is 3.35. The van der Waals surface area contributed by atoms with Crippen molar-refractivity contribution in [1.82, 2.24) is 9.55 Å². The Bertz CT molecular complexity index is 1210. The number of aromatic nitrogens is 2. The van der Waals surface area contributed by atoms with E-state index in [1.165, 1.54) is 0 Å². The third-order valence-corrected chi connectivity index (χ3v) is 4.85. The van der Waals surface area contributed by atoms with Gasteiger partial charge in [-0.05, 0) is 49.4 Å². The van der Waals surface area contributed by atoms with Gasteiger partial charge in [0, 0.05) is 45.8 Å². The largest absolute Gasteiger partial charge is 0.358 e. The minimum absolute atomic E-state index is 0.341. The van der Waals surface area contributed by atoms with Gasteiger partial charge in [-0.2, -0.15) is 5.26 Å². The van der Waals surface area contributed by atoms with Gasteiger partial charge in [-0.1, -0.05) is 18.2 Å². The van der Waals surface area contributed by atoms with E-state index in [9.17, 15) is 14.9 Å². The number of H-pyrrole nitrogens is 1. The predicted molar refractivity (Wildman–Crippen MR) is 107 cm³/mol. The fraction of sp³-hybridized carbons (Fsp3) is 0.0870. The zero-order valence-electron chi connectivity index (χ0n) is 15.2. The van der Waals surface area contributed by atoms with E-state index in [2.05, 4.69) is 4.98 Å². The topological polar surface area (TPSA) is 78.7 Å². The monoisotopic (exact) mass is 367 g/mol. The minimum atomic E-state index is -1.38. The molecule has 0 aliphatic heterocycles. The molecule has 28 heavy (non-hydrogen) atoms. The Hall–Kier alpha value is -3.91. The highest BCUT2D eigenvalue weighted by atomic mass is 16.2. The SMILES string of the molecule is Cc1[nH]c2ccccc2c1C(=O)[C@H](C#N)C(=O)c1ccc(-n2cccc2)cc1. The molecule has 136 valence electrons. The summed E-state index contributed by atoms with van der Waals surface area (Å²) in [4.78, 5) is 29.1. The number of para-hydroxylation sites is 1. The second kappa shape index (κ2) is 7.01. The third kappa shape index (κ3) is 2.91. The van der Waals surface area contributed by atoms with Gasteiger partial charge in [0.25, 0.3) is 0 Å². The van der Waals surface area contributed by atoms with Crippen LogP contribution in [0, 0.1) is 24.2 Å². The number of aromatic amines is 1. The molecule has 5 nitrogen and oxygen atoms in total. The molecule has 0 unspecified atom stereocenters. The Morgan fingerprint density at radius 1 is 0.964 bits per heavy atom. The lowest BCUT2D eigenvalue weighted by Crippen LogP contribution is -2.23. The summed E-state index contributed by atoms with van der Waals surface area (Å²) in [6, 6.07) is 20.0. The third-order valence-electron chi connectivity index (χ3n) is 4.85. The maximum atomic E-state index is 13.1. The summed E-state index contributed by atoms with van der Waals surface area (Å²) in [5.41, 5.74) is 3.10. The van der Waals surface area contributed by atoms with Gasteiger partial charge >= 0.3 is 0 Å². The average molecular weight is 367 g/mol. The highest BCUT2D eigenvalue weighted by Gasteiger charge is 2.31. The van der Waals surface area contributed by atoms with E-state index in [-0.39, 0.29) is 0 Å². The Morgan fingerprint density at radius 2 is 1.64 bits per heavy atom. The van der Waals surface area contributed by atoms with Crippen molar-refractivity contribution < 1.29 is 9.59 Å². The van der Waals surface area contributed by atoms with Crippen molar-refractivity contribution in [3.63, 3.8) is 0 Å². The van der Waals surface area contributed by atoms with Crippen LogP contribution in [0.25, 0.3) is 16.6 Å². The van der Waals surface area contributed by atoms with Crippen molar-refractivity contribution in [2.45, 2.75) is 6.92 Å². The number of Topliss-reactive ketones (excluding diaryl/α,β-unsaturated/α-hetero) is 2. The number of nitriles is 1. The summed E-state index contributed by atoms with van der Waals surface area (Å²) < 4.78 is 1.91. The first-order valence-corrected chi connectivity index (χ1v) is 8.89. The van der Waals surface area contributed by atoms with Gasteiger partial charge in [0.05, 0.1) is 6.07 Å². The number of nitrogens with one attached hydrogen (secondary N) is 1. The van der Waals surface area contributed by atoms with Gasteiger partial charge in [-0.3, -0.25) is 9.59 Å². The molecule has 0 radical (unpaired) electrons. The van der Waals surface area contributed by atoms with Crippen LogP contribution < -0.4 is 0 Å². The molecule has 0 amide bonds. The molecule has 2 aromatic heterocycles. The molecular weight excluding hydrogens is 350 g/mol. The Labute approximate surface area is 161 Å². The number of rotatable bonds is 5. The molecule has 0 aliphatic carbocycles. The van der Waals surface area contributed by atoms with Crippen LogP contribution >= 0.6 is 0 Å². The molecule has 1 N–H and O–H groups in total. The standard InChI is InChI=1S/C23H17N3O2/c1-15-21(18-6-2-3-7-20(18)25-15)23(28)19(14-24)22(27)16-8-10-17(11-9-16)26-12-4-5-13-26/h2-13,19,25H,1H3/t19-/m1/s1. The second-order valence-corrected chi connectivity index (χ2v) is 6.60. The van der Waals surface area contributed by atoms with Crippen molar-refractivity contribution in [3.8, 4) is 11.8 Å². The van der Waals surface area contributed by atoms with Crippen LogP contribution in [0.4, 0.5) is 0 Å². The van der Waals surface area contributed by atoms with E-state index in [0.717, 1.165) is 16.6 Å². The normalized spacial score (nSPS) is 11.9. The van der Waals surface area contributed by atoms with Crippen molar-refractivity contribution in [1.29, 1.82) is 5.26 Å². The van der Waals surface area contributed by atoms with Crippen LogP contribution in [0.5, 0.6) is 0 Å². The molecule has 0 bridgehead atoms. The van der Waals surface area contributed by atoms with Crippen LogP contribution in [0.1, 0.15) is 26.4 Å². The van der Waals surface area contributed by atoms with Crippen LogP contribution in [0.15, 0.2) is 73.1 Å². The Morgan fingerprint density at radius 3 is 2.32 bits per heavy atom. The van der Waals surface area contributed by atoms with E-state index >= 15 is 0 Å². The number of hydrogen-bond acceptors (Lipinski definition) is 3. The fourth-order valence-corrected chi connectivity index (χ4v) is 3.45. The van der Waals surface area contributed by atoms with E-state index in [1.807, 2.05) is 59.4 Å². The summed E-state index contributed by atoms with van der Waals surface area (Å²) in [5.74, 6) is -2.34. The smallest absolute Gasteiger partial charge is 0.190 e. The van der Waals surface area contributed by atoms with Gasteiger partial charge in [-0.25, -0.2) is 0 Å². The highest BCUT2D eigenvalue weighted by Crippen LogP contribution is 2.26. The van der Waals surface area contributed by atoms with E-state index in [0.29, 0.717) is 16.8 Å². The maximum Gasteiger partial charge on any atom is 0.190 e. The van der Waals surface area contributed by atoms with Crippen LogP contribution in [-0.4, -0.2) is 21.1 Å². The lowest BCUT2D eigenvalue weighted by atomic mass is 9.90. The van der Waals surface area contributed by atoms with Crippen LogP contribution in [0.3, 0.4) is 0 Å². The van der Waals surface area contributed by atoms with Gasteiger partial charge in [-0.15, -0.1) is 0 Å². The molecule has 5 heteroatoms. The van der Waals surface area contributed by atoms with Crippen LogP contribution in [0.2, 0.25) is 0 Å². The molecule has 2 aromatic carbocycles. The first-order valence-electron chi connectivity index (χ1n) is 8.89. The number of carbonyl (C=O) groups is 2. The number of carbonyl (C=O) groups excluding carboxylic acids is 2. The Kier molecular flexibility index (Phi) is 4.38. The molecule has 1 atom stereocenters. The minimum Gasteiger partial charge on any atom is -0.358 e. The maximum absolute atomic E-state index is 13.1. The van der Waals surface area contributed by atoms with E-state index < -0.39 is 17.5 Å². The number of nitrogens with zero attached hydrogens (tertiary/aromatic N) is 2. The number of ketones is 2. The van der Waals surface area contributed by atoms with Crippen molar-refractivity contribution in [2.75, 3.05) is 0 Å². The quantitative estimate of drug-likeness (QED) is 0.417. The zero-order chi connectivity index (χ0) is 19.7. The number of benzene rings is 2. The number of hydrogen-bond donors (Lipinski definition) is 1. The fourth-order valence-electron chi connectivity index (χ4n) is 3.45. The van der Waals surface area contributed by atoms with Gasteiger partial charge in [0.1, 0.15) is 0 Å². The molecule has 4 aromatic rings. The summed E-state index contributed by atoms with van der Waals surface area (Å²) in [5, 5.41) is 10.3. The summed E-state index contributed by atoms with van der Waals surface area (Å²) >= 11 is 0. The first-order chi connectivity index (χ1) is 13.6. The molecule has 0 aliphatic rings. The molecule has 2 heterocycles. The first kappa shape index (κ1) is 17.5. The summed E-state index contributed by atoms with van der Waals surface area (Å²) in [7, 11) is 0. The number of fused-ring (bicyclic) bond motifs is 1. The summed E-state index contributed by atoms with van der Waals surface area (Å²) in [6.07, 6.45) is 3.80. The summed E-state index contributed by atoms with van der Waals surface area (Å²) in [6.45, 7) is 1.78. The molecule has 0 saturated carbocycles. The number of aryl methyl sites for hydroxylation is 1. The highest BCUT2D eigenvalue weighted by molar-refractivity contribution is 6.22. The van der Waals surface area contributed by atoms with Gasteiger partial charge in [0.2, 0.25) is 0 Å². The van der Waals surface area contributed by atoms with Gasteiger partial charge in [0.15, 0.2) is 17.5 Å². The molecule has 0 spiro atoms. The van der Waals surface area contributed by atoms with Crippen molar-refractivity contribution in [2.24, 2.45) is 5.92 Å². The lowest BCUT2D eigenvalue weighted by Gasteiger charge is -2.09. The predicted octanol–water partition coefficient (Wildman–Crippen LogP) is 4.47. The Balaban J connectivity index is 1.66. The lowest BCUT2D eigenvalue weighted by molar-refractivity contribution is 0.0846. The van der Waals surface area contributed by atoms with E-state index in [1.54, 1.807) is 31.2 Å². The molecular formula is C23H17N3O2. The van der Waals surface area contributed by atoms with Crippen LogP contribution in [-0.2, 0) is 0 Å². The molecule has 4 rings (SSSR count). The zero-order valence-corrected chi connectivity index (χ0v) is 15.2. The second-order valence-electron chi connectivity index (χ2n) is 6.60. The molecule has 0 fully saturated rings. The van der Waals surface area contributed by atoms with Crippen molar-refractivity contribution >= 4 is 22.5 Å². The molecule has 0 saturated heterocycles. The van der Waals surface area contributed by atoms with E-state index in [4.69, 9.17) is 0 Å². The van der Waals surface area contributed by atoms with Gasteiger partial charge < -0.3 is 9.55 Å².